The zero-order valence-corrected chi connectivity index (χ0v) is 19.5. The molecule has 0 aliphatic carbocycles. The van der Waals surface area contributed by atoms with E-state index in [4.69, 9.17) is 0 Å². The van der Waals surface area contributed by atoms with Crippen molar-refractivity contribution in [1.29, 1.82) is 0 Å². The topological polar surface area (TPSA) is 0 Å². The third kappa shape index (κ3) is 5.62. The van der Waals surface area contributed by atoms with Crippen molar-refractivity contribution in [3.63, 3.8) is 0 Å². The van der Waals surface area contributed by atoms with Crippen molar-refractivity contribution in [3.05, 3.63) is 42.0 Å². The lowest BCUT2D eigenvalue weighted by Gasteiger charge is -2.53. The first-order valence-electron chi connectivity index (χ1n) is 10.2. The van der Waals surface area contributed by atoms with Crippen LogP contribution in [0, 0.1) is 11.8 Å². The summed E-state index contributed by atoms with van der Waals surface area (Å²) >= 11 is 0. The number of hydrogen-bond acceptors (Lipinski definition) is 0. The van der Waals surface area contributed by atoms with E-state index in [1.807, 2.05) is 6.92 Å². The summed E-state index contributed by atoms with van der Waals surface area (Å²) in [5.41, 5.74) is 1.53. The number of hydrogen-bond donors (Lipinski definition) is 0. The smallest absolute Gasteiger partial charge is 0.0972 e. The molecule has 1 rings (SSSR count). The van der Waals surface area contributed by atoms with Gasteiger partial charge in [-0.1, -0.05) is 101 Å². The predicted octanol–water partition coefficient (Wildman–Crippen LogP) is 7.47. The van der Waals surface area contributed by atoms with Crippen LogP contribution >= 0.6 is 0 Å². The predicted molar refractivity (Wildman–Crippen MR) is 122 cm³/mol. The third-order valence-corrected chi connectivity index (χ3v) is 13.4. The molecular weight excluding hydrogens is 328 g/mol. The highest BCUT2D eigenvalue weighted by molar-refractivity contribution is 6.96. The minimum atomic E-state index is -1.74. The maximum absolute atomic E-state index is 3.16. The molecule has 0 heterocycles. The van der Waals surface area contributed by atoms with E-state index in [1.54, 1.807) is 5.19 Å². The molecule has 0 aliphatic rings. The van der Waals surface area contributed by atoms with E-state index in [-0.39, 0.29) is 0 Å². The monoisotopic (exact) mass is 368 g/mol. The molecule has 0 aliphatic heterocycles. The van der Waals surface area contributed by atoms with Gasteiger partial charge in [0.1, 0.15) is 0 Å². The van der Waals surface area contributed by atoms with Gasteiger partial charge < -0.3 is 0 Å². The van der Waals surface area contributed by atoms with E-state index < -0.39 is 8.07 Å². The van der Waals surface area contributed by atoms with Crippen LogP contribution in [0.5, 0.6) is 0 Å². The highest BCUT2D eigenvalue weighted by atomic mass is 28.3. The quantitative estimate of drug-likeness (QED) is 0.202. The Kier molecular flexibility index (Phi) is 8.42. The van der Waals surface area contributed by atoms with Gasteiger partial charge >= 0.3 is 0 Å². The molecule has 0 unspecified atom stereocenters. The van der Waals surface area contributed by atoms with Gasteiger partial charge in [-0.25, -0.2) is 0 Å². The van der Waals surface area contributed by atoms with Gasteiger partial charge in [-0.2, -0.15) is 0 Å². The minimum absolute atomic E-state index is 0.334. The van der Waals surface area contributed by atoms with Gasteiger partial charge in [0.05, 0.1) is 8.07 Å². The van der Waals surface area contributed by atoms with Crippen molar-refractivity contribution < 1.29 is 0 Å². The summed E-state index contributed by atoms with van der Waals surface area (Å²) in [6.07, 6.45) is 6.97. The SMILES string of the molecule is CC#CCCC=C(C)CCC[Si](c1ccccc1)(C(C)(C)C)C(C)(C)C. The van der Waals surface area contributed by atoms with Crippen LogP contribution in [0.4, 0.5) is 0 Å². The first kappa shape index (κ1) is 22.8. The van der Waals surface area contributed by atoms with Gasteiger partial charge in [-0.05, 0) is 36.8 Å². The van der Waals surface area contributed by atoms with Gasteiger partial charge in [0, 0.05) is 6.42 Å². The van der Waals surface area contributed by atoms with E-state index in [0.29, 0.717) is 10.1 Å². The van der Waals surface area contributed by atoms with Crippen LogP contribution in [0.25, 0.3) is 0 Å². The molecule has 0 nitrogen and oxygen atoms in total. The van der Waals surface area contributed by atoms with Crippen LogP contribution in [0.3, 0.4) is 0 Å². The highest BCUT2D eigenvalue weighted by Gasteiger charge is 2.53. The standard InChI is InChI=1S/C25H40Si/c1-9-10-11-13-17-22(2)18-16-21-26(24(3,4)5,25(6,7)8)23-19-14-12-15-20-23/h12,14-15,17,19-20H,11,13,16,18,21H2,1-8H3. The van der Waals surface area contributed by atoms with Gasteiger partial charge in [0.2, 0.25) is 0 Å². The zero-order valence-electron chi connectivity index (χ0n) is 18.5. The number of unbranched alkanes of at least 4 members (excludes halogenated alkanes) is 1. The van der Waals surface area contributed by atoms with Gasteiger partial charge in [0.25, 0.3) is 0 Å². The summed E-state index contributed by atoms with van der Waals surface area (Å²) in [7, 11) is -1.74. The fourth-order valence-corrected chi connectivity index (χ4v) is 12.1. The molecule has 0 atom stereocenters. The molecule has 0 amide bonds. The van der Waals surface area contributed by atoms with Crippen LogP contribution in [0.1, 0.15) is 81.1 Å². The molecule has 0 fully saturated rings. The molecule has 0 spiro atoms. The molecule has 0 radical (unpaired) electrons. The van der Waals surface area contributed by atoms with Crippen molar-refractivity contribution in [2.75, 3.05) is 0 Å². The molecule has 0 saturated heterocycles. The van der Waals surface area contributed by atoms with Crippen LogP contribution < -0.4 is 5.19 Å². The van der Waals surface area contributed by atoms with Crippen molar-refractivity contribution in [2.24, 2.45) is 0 Å². The molecular formula is C25H40Si. The lowest BCUT2D eigenvalue weighted by atomic mass is 10.1. The second-order valence-corrected chi connectivity index (χ2v) is 15.5. The average Bonchev–Trinajstić information content (AvgIpc) is 2.54. The van der Waals surface area contributed by atoms with E-state index in [2.05, 4.69) is 96.7 Å². The summed E-state index contributed by atoms with van der Waals surface area (Å²) in [4.78, 5) is 0. The first-order valence-corrected chi connectivity index (χ1v) is 12.4. The van der Waals surface area contributed by atoms with Crippen LogP contribution in [-0.2, 0) is 0 Å². The second-order valence-electron chi connectivity index (χ2n) is 9.64. The Balaban J connectivity index is 3.02. The van der Waals surface area contributed by atoms with Crippen LogP contribution in [0.2, 0.25) is 16.1 Å². The normalized spacial score (nSPS) is 13.3. The van der Waals surface area contributed by atoms with E-state index in [0.717, 1.165) is 12.8 Å². The van der Waals surface area contributed by atoms with Crippen LogP contribution in [0.15, 0.2) is 42.0 Å². The summed E-state index contributed by atoms with van der Waals surface area (Å²) in [6.45, 7) is 19.1. The van der Waals surface area contributed by atoms with Crippen molar-refractivity contribution >= 4 is 13.3 Å². The largest absolute Gasteiger partial charge is 0.107 e. The van der Waals surface area contributed by atoms with Crippen molar-refractivity contribution in [1.82, 2.24) is 0 Å². The molecule has 0 bridgehead atoms. The van der Waals surface area contributed by atoms with Gasteiger partial charge in [-0.3, -0.25) is 0 Å². The average molecular weight is 369 g/mol. The molecule has 0 N–H and O–H groups in total. The Morgan fingerprint density at radius 1 is 1.00 bits per heavy atom. The first-order chi connectivity index (χ1) is 12.1. The minimum Gasteiger partial charge on any atom is -0.107 e. The molecule has 1 aromatic carbocycles. The highest BCUT2D eigenvalue weighted by Crippen LogP contribution is 2.53. The molecule has 144 valence electrons. The maximum atomic E-state index is 3.16. The van der Waals surface area contributed by atoms with Crippen molar-refractivity contribution in [3.8, 4) is 11.8 Å². The maximum Gasteiger partial charge on any atom is 0.0972 e. The molecule has 0 saturated carbocycles. The molecule has 1 aromatic rings. The number of allylic oxidation sites excluding steroid dienone is 2. The van der Waals surface area contributed by atoms with E-state index in [9.17, 15) is 0 Å². The summed E-state index contributed by atoms with van der Waals surface area (Å²) in [6, 6.07) is 12.8. The Morgan fingerprint density at radius 3 is 2.08 bits per heavy atom. The van der Waals surface area contributed by atoms with Crippen LogP contribution in [-0.4, -0.2) is 8.07 Å². The summed E-state index contributed by atoms with van der Waals surface area (Å²) in [5, 5.41) is 2.29. The van der Waals surface area contributed by atoms with E-state index in [1.165, 1.54) is 24.5 Å². The van der Waals surface area contributed by atoms with Crippen molar-refractivity contribution in [2.45, 2.75) is 97.2 Å². The zero-order chi connectivity index (χ0) is 19.8. The van der Waals surface area contributed by atoms with E-state index >= 15 is 0 Å². The number of benzene rings is 1. The lowest BCUT2D eigenvalue weighted by Crippen LogP contribution is -2.61. The Morgan fingerprint density at radius 2 is 1.58 bits per heavy atom. The lowest BCUT2D eigenvalue weighted by molar-refractivity contribution is 0.610. The Hall–Kier alpha value is -1.26. The summed E-state index contributed by atoms with van der Waals surface area (Å²) in [5.74, 6) is 6.14. The molecule has 1 heteroatoms. The van der Waals surface area contributed by atoms with Gasteiger partial charge in [0.15, 0.2) is 0 Å². The third-order valence-electron chi connectivity index (χ3n) is 5.89. The second kappa shape index (κ2) is 9.61. The molecule has 26 heavy (non-hydrogen) atoms. The van der Waals surface area contributed by atoms with Gasteiger partial charge in [-0.15, -0.1) is 11.8 Å². The Labute approximate surface area is 164 Å². The fraction of sp³-hybridized carbons (Fsp3) is 0.600. The Bertz CT molecular complexity index is 613. The number of rotatable bonds is 7. The molecule has 0 aromatic heterocycles. The fourth-order valence-electron chi connectivity index (χ4n) is 4.86. The summed E-state index contributed by atoms with van der Waals surface area (Å²) < 4.78 is 0.